The summed E-state index contributed by atoms with van der Waals surface area (Å²) in [4.78, 5) is 61.0. The van der Waals surface area contributed by atoms with Crippen molar-refractivity contribution in [3.63, 3.8) is 0 Å². The van der Waals surface area contributed by atoms with Crippen LogP contribution in [0.3, 0.4) is 0 Å². The fourth-order valence-corrected chi connectivity index (χ4v) is 3.04. The zero-order valence-corrected chi connectivity index (χ0v) is 17.0. The number of carbonyl (C=O) groups excluding carboxylic acids is 5. The fourth-order valence-electron chi connectivity index (χ4n) is 3.04. The molecule has 0 spiro atoms. The fraction of sp³-hybridized carbons (Fsp3) is 0.227. The first-order valence-corrected chi connectivity index (χ1v) is 9.59. The number of esters is 1. The van der Waals surface area contributed by atoms with Crippen molar-refractivity contribution in [1.82, 2.24) is 4.90 Å². The highest BCUT2D eigenvalue weighted by molar-refractivity contribution is 6.21. The number of imide groups is 1. The van der Waals surface area contributed by atoms with E-state index in [-0.39, 0.29) is 18.9 Å². The molecule has 1 aliphatic rings. The Kier molecular flexibility index (Phi) is 6.44. The number of rotatable bonds is 7. The third kappa shape index (κ3) is 5.13. The number of nitrogens with one attached hydrogen (secondary N) is 2. The highest BCUT2D eigenvalue weighted by atomic mass is 16.5. The number of carbonyl (C=O) groups is 5. The van der Waals surface area contributed by atoms with Crippen LogP contribution in [0.15, 0.2) is 48.5 Å². The Morgan fingerprint density at radius 1 is 0.903 bits per heavy atom. The van der Waals surface area contributed by atoms with Gasteiger partial charge in [0.15, 0.2) is 6.10 Å². The molecule has 160 valence electrons. The lowest BCUT2D eigenvalue weighted by molar-refractivity contribution is -0.153. The van der Waals surface area contributed by atoms with Gasteiger partial charge in [-0.3, -0.25) is 28.9 Å². The molecule has 3 rings (SSSR count). The molecule has 0 unspecified atom stereocenters. The van der Waals surface area contributed by atoms with Gasteiger partial charge in [-0.05, 0) is 43.3 Å². The van der Waals surface area contributed by atoms with Crippen LogP contribution in [0, 0.1) is 0 Å². The molecule has 31 heavy (non-hydrogen) atoms. The predicted octanol–water partition coefficient (Wildman–Crippen LogP) is 2.20. The van der Waals surface area contributed by atoms with Crippen molar-refractivity contribution in [2.45, 2.75) is 26.4 Å². The van der Waals surface area contributed by atoms with Gasteiger partial charge in [0.05, 0.1) is 17.5 Å². The van der Waals surface area contributed by atoms with Crippen LogP contribution < -0.4 is 10.6 Å². The van der Waals surface area contributed by atoms with E-state index in [0.29, 0.717) is 22.5 Å². The SMILES string of the molecule is CC(=O)Nc1ccc(NC(=O)[C@@H](C)OC(=O)CCN2C(=O)c3ccccc3C2=O)cc1. The highest BCUT2D eigenvalue weighted by Gasteiger charge is 2.35. The Bertz CT molecular complexity index is 1010. The van der Waals surface area contributed by atoms with Gasteiger partial charge in [-0.1, -0.05) is 12.1 Å². The quantitative estimate of drug-likeness (QED) is 0.520. The lowest BCUT2D eigenvalue weighted by atomic mass is 10.1. The monoisotopic (exact) mass is 423 g/mol. The smallest absolute Gasteiger partial charge is 0.308 e. The van der Waals surface area contributed by atoms with Crippen molar-refractivity contribution in [3.8, 4) is 0 Å². The molecule has 9 heteroatoms. The summed E-state index contributed by atoms with van der Waals surface area (Å²) < 4.78 is 5.11. The second-order valence-electron chi connectivity index (χ2n) is 6.94. The van der Waals surface area contributed by atoms with Crippen LogP contribution in [0.4, 0.5) is 11.4 Å². The zero-order chi connectivity index (χ0) is 22.5. The lowest BCUT2D eigenvalue weighted by Gasteiger charge is -2.16. The van der Waals surface area contributed by atoms with Crippen molar-refractivity contribution < 1.29 is 28.7 Å². The van der Waals surface area contributed by atoms with Gasteiger partial charge in [-0.25, -0.2) is 0 Å². The number of hydrogen-bond donors (Lipinski definition) is 2. The number of hydrogen-bond acceptors (Lipinski definition) is 6. The van der Waals surface area contributed by atoms with Gasteiger partial charge in [-0.15, -0.1) is 0 Å². The number of anilines is 2. The van der Waals surface area contributed by atoms with E-state index in [1.54, 1.807) is 48.5 Å². The highest BCUT2D eigenvalue weighted by Crippen LogP contribution is 2.22. The molecule has 0 aliphatic carbocycles. The average Bonchev–Trinajstić information content (AvgIpc) is 2.98. The summed E-state index contributed by atoms with van der Waals surface area (Å²) in [6, 6.07) is 12.9. The lowest BCUT2D eigenvalue weighted by Crippen LogP contribution is -2.34. The van der Waals surface area contributed by atoms with Crippen LogP contribution in [0.25, 0.3) is 0 Å². The minimum atomic E-state index is -1.08. The molecule has 2 aromatic carbocycles. The van der Waals surface area contributed by atoms with Crippen LogP contribution in [0.2, 0.25) is 0 Å². The van der Waals surface area contributed by atoms with E-state index >= 15 is 0 Å². The third-order valence-electron chi connectivity index (χ3n) is 4.57. The van der Waals surface area contributed by atoms with E-state index < -0.39 is 29.8 Å². The first-order valence-electron chi connectivity index (χ1n) is 9.59. The van der Waals surface area contributed by atoms with Gasteiger partial charge in [0.1, 0.15) is 0 Å². The zero-order valence-electron chi connectivity index (χ0n) is 17.0. The van der Waals surface area contributed by atoms with Crippen LogP contribution >= 0.6 is 0 Å². The molecule has 0 saturated carbocycles. The van der Waals surface area contributed by atoms with E-state index in [2.05, 4.69) is 10.6 Å². The first-order chi connectivity index (χ1) is 14.8. The second-order valence-corrected chi connectivity index (χ2v) is 6.94. The summed E-state index contributed by atoms with van der Waals surface area (Å²) in [5.41, 5.74) is 1.66. The molecule has 0 aromatic heterocycles. The van der Waals surface area contributed by atoms with Crippen molar-refractivity contribution in [3.05, 3.63) is 59.7 Å². The van der Waals surface area contributed by atoms with E-state index in [4.69, 9.17) is 4.74 Å². The summed E-state index contributed by atoms with van der Waals surface area (Å²) in [6.45, 7) is 2.67. The number of ether oxygens (including phenoxy) is 1. The molecule has 1 heterocycles. The molecule has 0 bridgehead atoms. The minimum absolute atomic E-state index is 0.135. The van der Waals surface area contributed by atoms with Crippen molar-refractivity contribution in [2.75, 3.05) is 17.2 Å². The van der Waals surface area contributed by atoms with Crippen LogP contribution in [-0.2, 0) is 19.1 Å². The minimum Gasteiger partial charge on any atom is -0.452 e. The van der Waals surface area contributed by atoms with E-state index in [1.807, 2.05) is 0 Å². The van der Waals surface area contributed by atoms with Crippen LogP contribution in [0.5, 0.6) is 0 Å². The van der Waals surface area contributed by atoms with Crippen molar-refractivity contribution >= 4 is 41.0 Å². The van der Waals surface area contributed by atoms with Gasteiger partial charge in [-0.2, -0.15) is 0 Å². The second kappa shape index (κ2) is 9.21. The summed E-state index contributed by atoms with van der Waals surface area (Å²) in [5.74, 6) is -2.37. The standard InChI is InChI=1S/C22H21N3O6/c1-13(20(28)24-16-9-7-15(8-10-16)23-14(2)26)31-19(27)11-12-25-21(29)17-5-3-4-6-18(17)22(25)30/h3-10,13H,11-12H2,1-2H3,(H,23,26)(H,24,28)/t13-/m1/s1. The maximum Gasteiger partial charge on any atom is 0.308 e. The van der Waals surface area contributed by atoms with Gasteiger partial charge < -0.3 is 15.4 Å². The molecule has 2 N–H and O–H groups in total. The molecule has 0 radical (unpaired) electrons. The molecule has 1 atom stereocenters. The molecule has 4 amide bonds. The summed E-state index contributed by atoms with van der Waals surface area (Å²) in [7, 11) is 0. The molecule has 2 aromatic rings. The first kappa shape index (κ1) is 21.7. The third-order valence-corrected chi connectivity index (χ3v) is 4.57. The van der Waals surface area contributed by atoms with Crippen LogP contribution in [-0.4, -0.2) is 47.1 Å². The van der Waals surface area contributed by atoms with Gasteiger partial charge in [0.2, 0.25) is 5.91 Å². The van der Waals surface area contributed by atoms with E-state index in [1.165, 1.54) is 13.8 Å². The van der Waals surface area contributed by atoms with Crippen LogP contribution in [0.1, 0.15) is 41.0 Å². The Labute approximate surface area is 178 Å². The Hall–Kier alpha value is -4.01. The maximum absolute atomic E-state index is 12.3. The van der Waals surface area contributed by atoms with Gasteiger partial charge in [0, 0.05) is 24.8 Å². The van der Waals surface area contributed by atoms with Crippen molar-refractivity contribution in [2.24, 2.45) is 0 Å². The summed E-state index contributed by atoms with van der Waals surface area (Å²) >= 11 is 0. The molecular formula is C22H21N3O6. The Morgan fingerprint density at radius 3 is 1.94 bits per heavy atom. The Balaban J connectivity index is 1.48. The van der Waals surface area contributed by atoms with Gasteiger partial charge >= 0.3 is 5.97 Å². The predicted molar refractivity (Wildman–Crippen MR) is 111 cm³/mol. The maximum atomic E-state index is 12.3. The number of fused-ring (bicyclic) bond motifs is 1. The Morgan fingerprint density at radius 2 is 1.42 bits per heavy atom. The molecule has 0 fully saturated rings. The van der Waals surface area contributed by atoms with Gasteiger partial charge in [0.25, 0.3) is 17.7 Å². The van der Waals surface area contributed by atoms with E-state index in [0.717, 1.165) is 4.90 Å². The summed E-state index contributed by atoms with van der Waals surface area (Å²) in [6.07, 6.45) is -1.31. The largest absolute Gasteiger partial charge is 0.452 e. The van der Waals surface area contributed by atoms with E-state index in [9.17, 15) is 24.0 Å². The topological polar surface area (TPSA) is 122 Å². The molecule has 0 saturated heterocycles. The number of benzene rings is 2. The summed E-state index contributed by atoms with van der Waals surface area (Å²) in [5, 5.41) is 5.21. The molecular weight excluding hydrogens is 402 g/mol. The number of nitrogens with zero attached hydrogens (tertiary/aromatic N) is 1. The normalized spacial score (nSPS) is 13.4. The van der Waals surface area contributed by atoms with Crippen molar-refractivity contribution in [1.29, 1.82) is 0 Å². The average molecular weight is 423 g/mol. The number of amides is 4. The molecule has 9 nitrogen and oxygen atoms in total. The molecule has 1 aliphatic heterocycles.